The van der Waals surface area contributed by atoms with E-state index in [-0.39, 0.29) is 11.8 Å². The maximum absolute atomic E-state index is 11.0. The molecule has 0 aromatic rings. The lowest BCUT2D eigenvalue weighted by atomic mass is 10.1. The first-order valence-electron chi connectivity index (χ1n) is 3.30. The van der Waals surface area contributed by atoms with Crippen molar-refractivity contribution in [1.82, 2.24) is 5.06 Å². The van der Waals surface area contributed by atoms with E-state index in [0.717, 1.165) is 0 Å². The fourth-order valence-corrected chi connectivity index (χ4v) is 0.791. The largest absolute Gasteiger partial charge is 0.385 e. The minimum atomic E-state index is 0.0255. The number of carbonyl (C=O) groups excluding carboxylic acids is 1. The summed E-state index contributed by atoms with van der Waals surface area (Å²) in [4.78, 5) is 15.9. The highest BCUT2D eigenvalue weighted by Gasteiger charge is 2.14. The molecule has 0 aromatic carbocycles. The van der Waals surface area contributed by atoms with Crippen molar-refractivity contribution in [3.8, 4) is 0 Å². The highest BCUT2D eigenvalue weighted by atomic mass is 16.7. The zero-order chi connectivity index (χ0) is 7.56. The Morgan fingerprint density at radius 1 is 1.80 bits per heavy atom. The second kappa shape index (κ2) is 2.73. The van der Waals surface area contributed by atoms with Gasteiger partial charge in [-0.05, 0) is 12.0 Å². The molecule has 3 heteroatoms. The minimum absolute atomic E-state index is 0.0255. The normalized spacial score (nSPS) is 26.0. The van der Waals surface area contributed by atoms with Crippen molar-refractivity contribution in [2.75, 3.05) is 7.05 Å². The van der Waals surface area contributed by atoms with E-state index in [1.807, 2.05) is 13.0 Å². The van der Waals surface area contributed by atoms with E-state index in [1.54, 1.807) is 13.3 Å². The predicted molar refractivity (Wildman–Crippen MR) is 36.8 cm³/mol. The third-order valence-electron chi connectivity index (χ3n) is 1.47. The van der Waals surface area contributed by atoms with E-state index in [2.05, 4.69) is 0 Å². The average Bonchev–Trinajstić information content (AvgIpc) is 1.96. The van der Waals surface area contributed by atoms with E-state index < -0.39 is 0 Å². The summed E-state index contributed by atoms with van der Waals surface area (Å²) < 4.78 is 0. The lowest BCUT2D eigenvalue weighted by Crippen LogP contribution is -2.24. The molecule has 10 heavy (non-hydrogen) atoms. The summed E-state index contributed by atoms with van der Waals surface area (Å²) in [7, 11) is 1.62. The molecule has 1 unspecified atom stereocenters. The van der Waals surface area contributed by atoms with Crippen LogP contribution in [0.15, 0.2) is 12.3 Å². The van der Waals surface area contributed by atoms with Gasteiger partial charge >= 0.3 is 0 Å². The molecule has 1 heterocycles. The molecule has 0 saturated heterocycles. The molecule has 1 atom stereocenters. The summed E-state index contributed by atoms with van der Waals surface area (Å²) in [5.74, 6) is 0.315. The van der Waals surface area contributed by atoms with Crippen molar-refractivity contribution in [1.29, 1.82) is 0 Å². The summed E-state index contributed by atoms with van der Waals surface area (Å²) in [6, 6.07) is 0. The van der Waals surface area contributed by atoms with E-state index in [0.29, 0.717) is 6.42 Å². The molecule has 0 radical (unpaired) electrons. The molecule has 0 aliphatic carbocycles. The molecular weight excluding hydrogens is 130 g/mol. The quantitative estimate of drug-likeness (QED) is 0.502. The highest BCUT2D eigenvalue weighted by Crippen LogP contribution is 2.10. The zero-order valence-corrected chi connectivity index (χ0v) is 6.20. The number of hydrogen-bond acceptors (Lipinski definition) is 2. The fourth-order valence-electron chi connectivity index (χ4n) is 0.791. The van der Waals surface area contributed by atoms with E-state index in [4.69, 9.17) is 4.84 Å². The number of carbonyl (C=O) groups is 1. The first-order valence-corrected chi connectivity index (χ1v) is 3.30. The van der Waals surface area contributed by atoms with Crippen molar-refractivity contribution in [3.63, 3.8) is 0 Å². The maximum Gasteiger partial charge on any atom is 0.255 e. The second-order valence-electron chi connectivity index (χ2n) is 2.51. The molecule has 0 spiro atoms. The number of hydroxylamine groups is 2. The van der Waals surface area contributed by atoms with Crippen molar-refractivity contribution < 1.29 is 9.63 Å². The Bertz CT molecular complexity index is 165. The van der Waals surface area contributed by atoms with Gasteiger partial charge in [0.25, 0.3) is 5.91 Å². The molecule has 1 rings (SSSR count). The molecule has 0 N–H and O–H groups in total. The third-order valence-corrected chi connectivity index (χ3v) is 1.47. The van der Waals surface area contributed by atoms with Gasteiger partial charge in [0.1, 0.15) is 6.26 Å². The van der Waals surface area contributed by atoms with Gasteiger partial charge in [0.05, 0.1) is 0 Å². The van der Waals surface area contributed by atoms with Crippen molar-refractivity contribution in [2.45, 2.75) is 13.3 Å². The number of amides is 1. The van der Waals surface area contributed by atoms with Crippen LogP contribution in [0.1, 0.15) is 13.3 Å². The highest BCUT2D eigenvalue weighted by molar-refractivity contribution is 5.75. The van der Waals surface area contributed by atoms with Crippen LogP contribution in [0.5, 0.6) is 0 Å². The summed E-state index contributed by atoms with van der Waals surface area (Å²) in [5.41, 5.74) is 0. The third kappa shape index (κ3) is 1.50. The minimum Gasteiger partial charge on any atom is -0.385 e. The standard InChI is InChI=1S/C7H11NO2/c1-6-3-4-10-8(2)7(9)5-6/h3-4,6H,5H2,1-2H3. The first-order chi connectivity index (χ1) is 4.70. The summed E-state index contributed by atoms with van der Waals surface area (Å²) in [5, 5.41) is 1.25. The van der Waals surface area contributed by atoms with Crippen molar-refractivity contribution in [2.24, 2.45) is 5.92 Å². The van der Waals surface area contributed by atoms with E-state index in [1.165, 1.54) is 5.06 Å². The predicted octanol–water partition coefficient (Wildman–Crippen LogP) is 0.930. The van der Waals surface area contributed by atoms with Crippen molar-refractivity contribution >= 4 is 5.91 Å². The number of allylic oxidation sites excluding steroid dienone is 1. The second-order valence-corrected chi connectivity index (χ2v) is 2.51. The Labute approximate surface area is 60.2 Å². The molecular formula is C7H11NO2. The molecule has 0 aromatic heterocycles. The zero-order valence-electron chi connectivity index (χ0n) is 6.20. The molecule has 0 fully saturated rings. The van der Waals surface area contributed by atoms with Gasteiger partial charge in [-0.15, -0.1) is 0 Å². The molecule has 3 nitrogen and oxygen atoms in total. The maximum atomic E-state index is 11.0. The Kier molecular flexibility index (Phi) is 1.94. The fraction of sp³-hybridized carbons (Fsp3) is 0.571. The van der Waals surface area contributed by atoms with E-state index in [9.17, 15) is 4.79 Å². The topological polar surface area (TPSA) is 29.5 Å². The SMILES string of the molecule is CC1C=CON(C)C(=O)C1. The van der Waals surface area contributed by atoms with Gasteiger partial charge in [0, 0.05) is 13.5 Å². The Balaban J connectivity index is 2.60. The van der Waals surface area contributed by atoms with Crippen LogP contribution in [0.2, 0.25) is 0 Å². The van der Waals surface area contributed by atoms with Crippen LogP contribution in [0.3, 0.4) is 0 Å². The average molecular weight is 141 g/mol. The van der Waals surface area contributed by atoms with Crippen molar-refractivity contribution in [3.05, 3.63) is 12.3 Å². The van der Waals surface area contributed by atoms with Crippen LogP contribution in [0.25, 0.3) is 0 Å². The molecule has 1 aliphatic rings. The van der Waals surface area contributed by atoms with Gasteiger partial charge in [-0.2, -0.15) is 5.06 Å². The van der Waals surface area contributed by atoms with Crippen LogP contribution in [-0.2, 0) is 9.63 Å². The van der Waals surface area contributed by atoms with Crippen LogP contribution in [-0.4, -0.2) is 18.0 Å². The molecule has 56 valence electrons. The van der Waals surface area contributed by atoms with E-state index >= 15 is 0 Å². The monoisotopic (exact) mass is 141 g/mol. The lowest BCUT2D eigenvalue weighted by Gasteiger charge is -2.11. The number of hydrogen-bond donors (Lipinski definition) is 0. The van der Waals surface area contributed by atoms with Gasteiger partial charge in [0.15, 0.2) is 0 Å². The summed E-state index contributed by atoms with van der Waals surface area (Å²) in [6.45, 7) is 1.98. The Morgan fingerprint density at radius 2 is 2.50 bits per heavy atom. The van der Waals surface area contributed by atoms with Crippen LogP contribution < -0.4 is 0 Å². The first kappa shape index (κ1) is 7.12. The van der Waals surface area contributed by atoms with Gasteiger partial charge in [-0.1, -0.05) is 6.92 Å². The number of rotatable bonds is 0. The van der Waals surface area contributed by atoms with Gasteiger partial charge in [-0.3, -0.25) is 4.79 Å². The molecule has 0 saturated carbocycles. The Hall–Kier alpha value is -0.990. The summed E-state index contributed by atoms with van der Waals surface area (Å²) >= 11 is 0. The lowest BCUT2D eigenvalue weighted by molar-refractivity contribution is -0.160. The Morgan fingerprint density at radius 3 is 3.20 bits per heavy atom. The molecule has 0 bridgehead atoms. The van der Waals surface area contributed by atoms with Gasteiger partial charge in [0.2, 0.25) is 0 Å². The van der Waals surface area contributed by atoms with Crippen LogP contribution in [0, 0.1) is 5.92 Å². The molecule has 1 amide bonds. The smallest absolute Gasteiger partial charge is 0.255 e. The summed E-state index contributed by atoms with van der Waals surface area (Å²) in [6.07, 6.45) is 3.96. The van der Waals surface area contributed by atoms with Gasteiger partial charge < -0.3 is 4.84 Å². The number of nitrogens with zero attached hydrogens (tertiary/aromatic N) is 1. The molecule has 1 aliphatic heterocycles. The van der Waals surface area contributed by atoms with Crippen LogP contribution in [0.4, 0.5) is 0 Å². The van der Waals surface area contributed by atoms with Gasteiger partial charge in [-0.25, -0.2) is 0 Å². The van der Waals surface area contributed by atoms with Crippen LogP contribution >= 0.6 is 0 Å².